The fraction of sp³-hybridized carbons (Fsp3) is 0.139. The smallest absolute Gasteiger partial charge is 0.267 e. The molecule has 6 heteroatoms. The summed E-state index contributed by atoms with van der Waals surface area (Å²) in [5.74, 6) is 0.0101. The van der Waals surface area contributed by atoms with Crippen molar-refractivity contribution >= 4 is 60.5 Å². The lowest BCUT2D eigenvalue weighted by Crippen LogP contribution is -2.32. The number of benzene rings is 4. The summed E-state index contributed by atoms with van der Waals surface area (Å²) in [5.41, 5.74) is 7.60. The lowest BCUT2D eigenvalue weighted by atomic mass is 9.77. The van der Waals surface area contributed by atoms with Gasteiger partial charge in [-0.25, -0.2) is 9.99 Å². The molecule has 1 saturated carbocycles. The molecule has 5 aromatic rings. The highest BCUT2D eigenvalue weighted by Gasteiger charge is 2.44. The van der Waals surface area contributed by atoms with E-state index >= 15 is 0 Å². The number of pyridine rings is 1. The van der Waals surface area contributed by atoms with Crippen molar-refractivity contribution in [1.82, 2.24) is 9.99 Å². The lowest BCUT2D eigenvalue weighted by molar-refractivity contribution is 0.0683. The number of hydrogen-bond donors (Lipinski definition) is 0. The van der Waals surface area contributed by atoms with Gasteiger partial charge in [-0.3, -0.25) is 4.79 Å². The summed E-state index contributed by atoms with van der Waals surface area (Å²) < 4.78 is 2.06. The molecule has 0 bridgehead atoms. The van der Waals surface area contributed by atoms with Crippen molar-refractivity contribution in [3.63, 3.8) is 0 Å². The Morgan fingerprint density at radius 2 is 1.52 bits per heavy atom. The molecule has 4 aromatic carbocycles. The highest BCUT2D eigenvalue weighted by molar-refractivity contribution is 9.10. The van der Waals surface area contributed by atoms with E-state index in [1.165, 1.54) is 5.57 Å². The molecule has 0 spiro atoms. The van der Waals surface area contributed by atoms with Crippen molar-refractivity contribution < 1.29 is 4.79 Å². The molecule has 0 radical (unpaired) electrons. The van der Waals surface area contributed by atoms with E-state index in [2.05, 4.69) is 74.3 Å². The topological polar surface area (TPSA) is 45.6 Å². The summed E-state index contributed by atoms with van der Waals surface area (Å²) in [6, 6.07) is 36.3. The first kappa shape index (κ1) is 27.0. The van der Waals surface area contributed by atoms with Gasteiger partial charge in [-0.1, -0.05) is 105 Å². The van der Waals surface area contributed by atoms with Gasteiger partial charge < -0.3 is 0 Å². The van der Waals surface area contributed by atoms with E-state index in [1.54, 1.807) is 5.01 Å². The second-order valence-corrected chi connectivity index (χ2v) is 12.6. The number of halogens is 2. The molecule has 0 N–H and O–H groups in total. The lowest BCUT2D eigenvalue weighted by Gasteiger charge is -2.30. The number of nitrogens with zero attached hydrogens (tertiary/aromatic N) is 3. The summed E-state index contributed by atoms with van der Waals surface area (Å²) in [5, 5.41) is 7.74. The molecule has 2 heterocycles. The van der Waals surface area contributed by atoms with Gasteiger partial charge in [0.1, 0.15) is 0 Å². The molecule has 4 nitrogen and oxygen atoms in total. The van der Waals surface area contributed by atoms with Gasteiger partial charge >= 0.3 is 0 Å². The summed E-state index contributed by atoms with van der Waals surface area (Å²) >= 11 is 7.13. The van der Waals surface area contributed by atoms with Crippen molar-refractivity contribution in [3.8, 4) is 11.3 Å². The second kappa shape index (κ2) is 11.4. The van der Waals surface area contributed by atoms with Crippen molar-refractivity contribution in [1.29, 1.82) is 0 Å². The van der Waals surface area contributed by atoms with Crippen LogP contribution in [0, 0.1) is 5.92 Å². The Kier molecular flexibility index (Phi) is 7.34. The minimum absolute atomic E-state index is 0.108. The molecule has 0 saturated heterocycles. The van der Waals surface area contributed by atoms with E-state index in [0.717, 1.165) is 67.2 Å². The first-order valence-corrected chi connectivity index (χ1v) is 15.7. The number of aromatic nitrogens is 1. The van der Waals surface area contributed by atoms with Gasteiger partial charge in [0, 0.05) is 25.8 Å². The van der Waals surface area contributed by atoms with Crippen LogP contribution in [-0.4, -0.2) is 21.6 Å². The zero-order chi connectivity index (χ0) is 28.6. The van der Waals surface area contributed by atoms with E-state index in [-0.39, 0.29) is 17.9 Å². The zero-order valence-electron chi connectivity index (χ0n) is 22.8. The van der Waals surface area contributed by atoms with Crippen molar-refractivity contribution in [2.45, 2.75) is 25.3 Å². The van der Waals surface area contributed by atoms with E-state index in [1.807, 2.05) is 72.8 Å². The minimum atomic E-state index is -0.193. The van der Waals surface area contributed by atoms with Crippen LogP contribution in [0.1, 0.15) is 46.8 Å². The summed E-state index contributed by atoms with van der Waals surface area (Å²) in [6.07, 6.45) is 5.21. The number of hydrazone groups is 1. The van der Waals surface area contributed by atoms with Crippen LogP contribution in [0.2, 0.25) is 0 Å². The summed E-state index contributed by atoms with van der Waals surface area (Å²) in [6.45, 7) is 0. The first-order valence-electron chi connectivity index (χ1n) is 14.1. The number of carbonyl (C=O) groups excluding carboxylic acids is 1. The van der Waals surface area contributed by atoms with E-state index < -0.39 is 0 Å². The third kappa shape index (κ3) is 5.14. The molecule has 2 aliphatic rings. The van der Waals surface area contributed by atoms with Crippen molar-refractivity contribution in [3.05, 3.63) is 140 Å². The molecule has 1 aliphatic carbocycles. The average molecular weight is 677 g/mol. The molecule has 1 aliphatic heterocycles. The third-order valence-corrected chi connectivity index (χ3v) is 9.21. The minimum Gasteiger partial charge on any atom is -0.267 e. The largest absolute Gasteiger partial charge is 0.275 e. The maximum Gasteiger partial charge on any atom is 0.275 e. The van der Waals surface area contributed by atoms with Crippen LogP contribution in [0.15, 0.2) is 129 Å². The predicted molar refractivity (Wildman–Crippen MR) is 177 cm³/mol. The third-order valence-electron chi connectivity index (χ3n) is 8.15. The van der Waals surface area contributed by atoms with Gasteiger partial charge in [0.25, 0.3) is 5.91 Å². The SMILES string of the molecule is O=C(c1cc(-c2ccccc2)nc2ccccc12)N1N=C2C(=Cc3ccc(Br)cc3)CCCC2C1c1ccc(Br)cc1. The van der Waals surface area contributed by atoms with Gasteiger partial charge in [0.05, 0.1) is 28.5 Å². The second-order valence-electron chi connectivity index (χ2n) is 10.8. The Balaban J connectivity index is 1.37. The van der Waals surface area contributed by atoms with Crippen LogP contribution < -0.4 is 0 Å². The molecule has 42 heavy (non-hydrogen) atoms. The van der Waals surface area contributed by atoms with Crippen LogP contribution in [0.4, 0.5) is 0 Å². The van der Waals surface area contributed by atoms with Crippen LogP contribution in [0.25, 0.3) is 28.2 Å². The molecule has 2 atom stereocenters. The maximum atomic E-state index is 14.7. The highest BCUT2D eigenvalue weighted by Crippen LogP contribution is 2.45. The van der Waals surface area contributed by atoms with E-state index in [9.17, 15) is 4.79 Å². The molecule has 206 valence electrons. The highest BCUT2D eigenvalue weighted by atomic mass is 79.9. The van der Waals surface area contributed by atoms with Gasteiger partial charge in [-0.05, 0) is 78.4 Å². The Bertz CT molecular complexity index is 1850. The maximum absolute atomic E-state index is 14.7. The van der Waals surface area contributed by atoms with Crippen LogP contribution >= 0.6 is 31.9 Å². The van der Waals surface area contributed by atoms with Crippen molar-refractivity contribution in [2.24, 2.45) is 11.0 Å². The molecule has 7 rings (SSSR count). The number of para-hydroxylation sites is 1. The number of rotatable bonds is 4. The molecule has 1 amide bonds. The fourth-order valence-corrected chi connectivity index (χ4v) is 6.68. The van der Waals surface area contributed by atoms with Gasteiger partial charge in [0.2, 0.25) is 0 Å². The Labute approximate surface area is 262 Å². The summed E-state index contributed by atoms with van der Waals surface area (Å²) in [7, 11) is 0. The molecular formula is C36H27Br2N3O. The first-order chi connectivity index (χ1) is 20.5. The van der Waals surface area contributed by atoms with Gasteiger partial charge in [-0.15, -0.1) is 0 Å². The molecule has 2 unspecified atom stereocenters. The number of amides is 1. The van der Waals surface area contributed by atoms with Crippen LogP contribution in [-0.2, 0) is 0 Å². The summed E-state index contributed by atoms with van der Waals surface area (Å²) in [4.78, 5) is 19.6. The predicted octanol–water partition coefficient (Wildman–Crippen LogP) is 9.86. The average Bonchev–Trinajstić information content (AvgIpc) is 3.43. The number of fused-ring (bicyclic) bond motifs is 2. The van der Waals surface area contributed by atoms with Crippen LogP contribution in [0.3, 0.4) is 0 Å². The monoisotopic (exact) mass is 675 g/mol. The Morgan fingerprint density at radius 3 is 2.29 bits per heavy atom. The Morgan fingerprint density at radius 1 is 0.833 bits per heavy atom. The quantitative estimate of drug-likeness (QED) is 0.190. The van der Waals surface area contributed by atoms with Crippen molar-refractivity contribution in [2.75, 3.05) is 0 Å². The van der Waals surface area contributed by atoms with Gasteiger partial charge in [0.15, 0.2) is 0 Å². The molecule has 1 fully saturated rings. The van der Waals surface area contributed by atoms with E-state index in [0.29, 0.717) is 5.56 Å². The normalized spacial score (nSPS) is 19.1. The number of allylic oxidation sites excluding steroid dienone is 1. The number of carbonyl (C=O) groups is 1. The van der Waals surface area contributed by atoms with Gasteiger partial charge in [-0.2, -0.15) is 5.10 Å². The fourth-order valence-electron chi connectivity index (χ4n) is 6.15. The van der Waals surface area contributed by atoms with E-state index in [4.69, 9.17) is 10.1 Å². The molecular weight excluding hydrogens is 650 g/mol. The zero-order valence-corrected chi connectivity index (χ0v) is 25.9. The number of hydrogen-bond acceptors (Lipinski definition) is 3. The van der Waals surface area contributed by atoms with Crippen LogP contribution in [0.5, 0.6) is 0 Å². The Hall–Kier alpha value is -3.87. The molecule has 1 aromatic heterocycles. The standard InChI is InChI=1S/C36H27Br2N3O/c37-27-17-13-23(14-18-27)21-26-9-6-11-30-34(26)40-41(35(30)25-15-19-28(38)20-16-25)36(42)31-22-33(24-7-2-1-3-8-24)39-32-12-5-4-10-29(31)32/h1-5,7-8,10,12-22,30,35H,6,9,11H2.